The third-order valence-electron chi connectivity index (χ3n) is 2.96. The predicted octanol–water partition coefficient (Wildman–Crippen LogP) is 4.29. The normalized spacial score (nSPS) is 12.6. The number of alkyl halides is 1. The second kappa shape index (κ2) is 10.7. The van der Waals surface area contributed by atoms with Crippen LogP contribution in [0.25, 0.3) is 0 Å². The van der Waals surface area contributed by atoms with Gasteiger partial charge in [0, 0.05) is 24.1 Å². The summed E-state index contributed by atoms with van der Waals surface area (Å²) < 4.78 is 11.5. The summed E-state index contributed by atoms with van der Waals surface area (Å²) in [6.07, 6.45) is 3.18. The number of benzene rings is 1. The molecule has 0 aliphatic heterocycles. The van der Waals surface area contributed by atoms with Crippen molar-refractivity contribution in [3.63, 3.8) is 0 Å². The van der Waals surface area contributed by atoms with E-state index in [4.69, 9.17) is 21.1 Å². The van der Waals surface area contributed by atoms with E-state index in [1.165, 1.54) is 5.56 Å². The van der Waals surface area contributed by atoms with E-state index in [9.17, 15) is 0 Å². The zero-order valence-corrected chi connectivity index (χ0v) is 13.8. The molecule has 0 aromatic heterocycles. The Hall–Kier alpha value is -0.0900. The summed E-state index contributed by atoms with van der Waals surface area (Å²) in [4.78, 5) is 0. The molecular formula is C15H22BrClO2. The van der Waals surface area contributed by atoms with Crippen molar-refractivity contribution in [2.75, 3.05) is 32.8 Å². The minimum Gasteiger partial charge on any atom is -0.382 e. The van der Waals surface area contributed by atoms with E-state index in [1.807, 2.05) is 6.07 Å². The van der Waals surface area contributed by atoms with Crippen molar-refractivity contribution >= 4 is 27.5 Å². The summed E-state index contributed by atoms with van der Waals surface area (Å²) in [5.74, 6) is 1.21. The fraction of sp³-hybridized carbons (Fsp3) is 0.600. The van der Waals surface area contributed by atoms with Crippen molar-refractivity contribution in [3.05, 3.63) is 34.3 Å². The number of halogens is 2. The molecule has 0 fully saturated rings. The molecule has 2 nitrogen and oxygen atoms in total. The van der Waals surface area contributed by atoms with Gasteiger partial charge >= 0.3 is 0 Å². The summed E-state index contributed by atoms with van der Waals surface area (Å²) in [7, 11) is 1.69. The third-order valence-corrected chi connectivity index (χ3v) is 3.89. The molecule has 1 unspecified atom stereocenters. The van der Waals surface area contributed by atoms with E-state index in [-0.39, 0.29) is 0 Å². The van der Waals surface area contributed by atoms with Crippen molar-refractivity contribution in [1.82, 2.24) is 0 Å². The Morgan fingerprint density at radius 1 is 1.26 bits per heavy atom. The largest absolute Gasteiger partial charge is 0.382 e. The zero-order valence-electron chi connectivity index (χ0n) is 11.4. The average molecular weight is 350 g/mol. The zero-order chi connectivity index (χ0) is 13.9. The Morgan fingerprint density at radius 2 is 2.11 bits per heavy atom. The van der Waals surface area contributed by atoms with Crippen molar-refractivity contribution in [3.8, 4) is 0 Å². The lowest BCUT2D eigenvalue weighted by molar-refractivity contribution is 0.0675. The lowest BCUT2D eigenvalue weighted by Gasteiger charge is -2.14. The molecular weight excluding hydrogens is 328 g/mol. The quantitative estimate of drug-likeness (QED) is 0.463. The van der Waals surface area contributed by atoms with Gasteiger partial charge in [-0.05, 0) is 42.9 Å². The summed E-state index contributed by atoms with van der Waals surface area (Å²) in [6, 6.07) is 8.43. The van der Waals surface area contributed by atoms with Crippen LogP contribution < -0.4 is 0 Å². The molecule has 1 rings (SSSR count). The summed E-state index contributed by atoms with van der Waals surface area (Å²) in [5.41, 5.74) is 1.33. The molecule has 0 saturated carbocycles. The minimum atomic E-state index is 0.516. The molecule has 1 atom stereocenters. The lowest BCUT2D eigenvalue weighted by Crippen LogP contribution is -2.09. The lowest BCUT2D eigenvalue weighted by atomic mass is 9.97. The Bertz CT molecular complexity index is 347. The van der Waals surface area contributed by atoms with Gasteiger partial charge in [-0.25, -0.2) is 0 Å². The van der Waals surface area contributed by atoms with Crippen molar-refractivity contribution in [2.45, 2.75) is 19.3 Å². The highest BCUT2D eigenvalue weighted by Crippen LogP contribution is 2.19. The first-order valence-corrected chi connectivity index (χ1v) is 7.96. The summed E-state index contributed by atoms with van der Waals surface area (Å²) >= 11 is 9.54. The van der Waals surface area contributed by atoms with Gasteiger partial charge in [0.15, 0.2) is 0 Å². The number of hydrogen-bond donors (Lipinski definition) is 0. The predicted molar refractivity (Wildman–Crippen MR) is 84.0 cm³/mol. The number of hydrogen-bond acceptors (Lipinski definition) is 2. The number of rotatable bonds is 10. The highest BCUT2D eigenvalue weighted by atomic mass is 79.9. The average Bonchev–Trinajstić information content (AvgIpc) is 2.41. The molecule has 0 heterocycles. The first-order chi connectivity index (χ1) is 9.26. The SMILES string of the molecule is COCCOCCCC(CCl)Cc1cccc(Br)c1. The third kappa shape index (κ3) is 7.93. The van der Waals surface area contributed by atoms with Crippen LogP contribution in [0.4, 0.5) is 0 Å². The van der Waals surface area contributed by atoms with Crippen LogP contribution in [-0.2, 0) is 15.9 Å². The van der Waals surface area contributed by atoms with Crippen molar-refractivity contribution in [2.24, 2.45) is 5.92 Å². The molecule has 0 N–H and O–H groups in total. The number of methoxy groups -OCH3 is 1. The van der Waals surface area contributed by atoms with Gasteiger partial charge in [-0.3, -0.25) is 0 Å². The van der Waals surface area contributed by atoms with E-state index in [0.29, 0.717) is 25.0 Å². The van der Waals surface area contributed by atoms with Gasteiger partial charge in [-0.1, -0.05) is 28.1 Å². The Balaban J connectivity index is 2.22. The molecule has 1 aromatic carbocycles. The molecule has 0 saturated heterocycles. The molecule has 1 aromatic rings. The summed E-state index contributed by atoms with van der Waals surface area (Å²) in [6.45, 7) is 2.12. The second-order valence-electron chi connectivity index (χ2n) is 4.60. The Morgan fingerprint density at radius 3 is 2.79 bits per heavy atom. The molecule has 19 heavy (non-hydrogen) atoms. The maximum Gasteiger partial charge on any atom is 0.0700 e. The molecule has 108 valence electrons. The molecule has 0 bridgehead atoms. The highest BCUT2D eigenvalue weighted by molar-refractivity contribution is 9.10. The molecule has 0 amide bonds. The van der Waals surface area contributed by atoms with Crippen LogP contribution in [0.2, 0.25) is 0 Å². The van der Waals surface area contributed by atoms with Crippen LogP contribution in [0.3, 0.4) is 0 Å². The fourth-order valence-electron chi connectivity index (χ4n) is 1.95. The van der Waals surface area contributed by atoms with Gasteiger partial charge in [0.25, 0.3) is 0 Å². The maximum atomic E-state index is 6.05. The summed E-state index contributed by atoms with van der Waals surface area (Å²) in [5, 5.41) is 0. The van der Waals surface area contributed by atoms with Gasteiger partial charge in [-0.15, -0.1) is 11.6 Å². The fourth-order valence-corrected chi connectivity index (χ4v) is 2.66. The standard InChI is InChI=1S/C15H22BrClO2/c1-18-8-9-19-7-3-5-14(12-17)10-13-4-2-6-15(16)11-13/h2,4,6,11,14H,3,5,7-10,12H2,1H3. The van der Waals surface area contributed by atoms with Crippen LogP contribution in [0, 0.1) is 5.92 Å². The van der Waals surface area contributed by atoms with Gasteiger partial charge in [0.05, 0.1) is 13.2 Å². The molecule has 4 heteroatoms. The Labute approximate surface area is 129 Å². The van der Waals surface area contributed by atoms with Crippen molar-refractivity contribution in [1.29, 1.82) is 0 Å². The second-order valence-corrected chi connectivity index (χ2v) is 5.83. The van der Waals surface area contributed by atoms with E-state index >= 15 is 0 Å². The molecule has 0 aliphatic carbocycles. The van der Waals surface area contributed by atoms with Crippen LogP contribution in [-0.4, -0.2) is 32.8 Å². The topological polar surface area (TPSA) is 18.5 Å². The highest BCUT2D eigenvalue weighted by Gasteiger charge is 2.08. The smallest absolute Gasteiger partial charge is 0.0700 e. The van der Waals surface area contributed by atoms with Gasteiger partial charge in [0.1, 0.15) is 0 Å². The van der Waals surface area contributed by atoms with Crippen LogP contribution in [0.15, 0.2) is 28.7 Å². The van der Waals surface area contributed by atoms with Gasteiger partial charge in [-0.2, -0.15) is 0 Å². The van der Waals surface area contributed by atoms with Crippen LogP contribution in [0.5, 0.6) is 0 Å². The first kappa shape index (κ1) is 17.0. The van der Waals surface area contributed by atoms with E-state index < -0.39 is 0 Å². The Kier molecular flexibility index (Phi) is 9.52. The van der Waals surface area contributed by atoms with Crippen LogP contribution in [0.1, 0.15) is 18.4 Å². The van der Waals surface area contributed by atoms with Gasteiger partial charge < -0.3 is 9.47 Å². The maximum absolute atomic E-state index is 6.05. The van der Waals surface area contributed by atoms with E-state index in [2.05, 4.69) is 34.1 Å². The molecule has 0 spiro atoms. The van der Waals surface area contributed by atoms with Gasteiger partial charge in [0.2, 0.25) is 0 Å². The van der Waals surface area contributed by atoms with Crippen molar-refractivity contribution < 1.29 is 9.47 Å². The first-order valence-electron chi connectivity index (χ1n) is 6.63. The van der Waals surface area contributed by atoms with E-state index in [0.717, 1.165) is 30.3 Å². The van der Waals surface area contributed by atoms with Crippen LogP contribution >= 0.6 is 27.5 Å². The molecule has 0 radical (unpaired) electrons. The van der Waals surface area contributed by atoms with E-state index in [1.54, 1.807) is 7.11 Å². The minimum absolute atomic E-state index is 0.516. The number of ether oxygens (including phenoxy) is 2. The molecule has 0 aliphatic rings. The monoisotopic (exact) mass is 348 g/mol.